The minimum Gasteiger partial charge on any atom is -0.350 e. The van der Waals surface area contributed by atoms with E-state index in [9.17, 15) is 26.7 Å². The van der Waals surface area contributed by atoms with E-state index in [0.717, 1.165) is 12.4 Å². The molecule has 12 heteroatoms. The molecule has 1 aliphatic rings. The fraction of sp³-hybridized carbons (Fsp3) is 0.364. The maximum Gasteiger partial charge on any atom is 0.451 e. The molecule has 2 aromatic heterocycles. The van der Waals surface area contributed by atoms with Gasteiger partial charge in [-0.25, -0.2) is 23.7 Å². The maximum absolute atomic E-state index is 13.7. The summed E-state index contributed by atoms with van der Waals surface area (Å²) in [6.45, 7) is -0.0347. The molecule has 1 amide bonds. The molecule has 1 fully saturated rings. The molecule has 1 aromatic carbocycles. The number of aromatic nitrogens is 3. The van der Waals surface area contributed by atoms with Crippen LogP contribution < -0.4 is 5.32 Å². The minimum atomic E-state index is -4.71. The molecule has 34 heavy (non-hydrogen) atoms. The summed E-state index contributed by atoms with van der Waals surface area (Å²) in [6, 6.07) is 7.47. The van der Waals surface area contributed by atoms with Crippen molar-refractivity contribution in [1.82, 2.24) is 25.2 Å². The lowest BCUT2D eigenvalue weighted by Crippen LogP contribution is -2.45. The van der Waals surface area contributed by atoms with Crippen molar-refractivity contribution in [2.24, 2.45) is 0 Å². The van der Waals surface area contributed by atoms with Gasteiger partial charge in [-0.3, -0.25) is 9.69 Å². The predicted molar refractivity (Wildman–Crippen MR) is 115 cm³/mol. The van der Waals surface area contributed by atoms with E-state index in [1.807, 2.05) is 0 Å². The third-order valence-electron chi connectivity index (χ3n) is 5.68. The summed E-state index contributed by atoms with van der Waals surface area (Å²) < 4.78 is 66.0. The van der Waals surface area contributed by atoms with Gasteiger partial charge in [-0.2, -0.15) is 13.2 Å². The number of likely N-dealkylation sites (tertiary alicyclic amines) is 1. The van der Waals surface area contributed by atoms with Crippen molar-refractivity contribution in [2.75, 3.05) is 19.6 Å². The van der Waals surface area contributed by atoms with Crippen molar-refractivity contribution in [2.45, 2.75) is 31.0 Å². The molecule has 4 rings (SSSR count). The van der Waals surface area contributed by atoms with Crippen LogP contribution in [0.15, 0.2) is 42.7 Å². The average molecular weight is 500 g/mol. The molecule has 1 N–H and O–H groups in total. The second-order valence-electron chi connectivity index (χ2n) is 7.96. The standard InChI is InChI=1S/C22H19ClF5N5O/c23-18-5-4-14-15(2-1-3-16(14)32-18)19(34)29-12-17(33-8-6-21(24,25)7-9-33)13-10-30-20(31-11-13)22(26,27)28/h1-5,10-11,17H,6-9,12H2,(H,29,34). The van der Waals surface area contributed by atoms with Crippen LogP contribution in [0.3, 0.4) is 0 Å². The number of piperidine rings is 1. The molecule has 0 spiro atoms. The number of alkyl halides is 5. The zero-order chi connectivity index (χ0) is 24.5. The molecule has 0 radical (unpaired) electrons. The van der Waals surface area contributed by atoms with Crippen LogP contribution in [-0.4, -0.2) is 51.3 Å². The Labute approximate surface area is 196 Å². The number of carbonyl (C=O) groups is 1. The van der Waals surface area contributed by atoms with Crippen molar-refractivity contribution in [3.8, 4) is 0 Å². The van der Waals surface area contributed by atoms with Crippen LogP contribution in [0.25, 0.3) is 10.9 Å². The summed E-state index contributed by atoms with van der Waals surface area (Å²) >= 11 is 5.91. The van der Waals surface area contributed by atoms with Crippen LogP contribution in [0, 0.1) is 0 Å². The van der Waals surface area contributed by atoms with Crippen molar-refractivity contribution >= 4 is 28.4 Å². The highest BCUT2D eigenvalue weighted by Gasteiger charge is 2.38. The molecule has 180 valence electrons. The third kappa shape index (κ3) is 5.41. The van der Waals surface area contributed by atoms with Crippen LogP contribution in [0.4, 0.5) is 22.0 Å². The Hall–Kier alpha value is -2.92. The summed E-state index contributed by atoms with van der Waals surface area (Å²) in [4.78, 5) is 25.6. The van der Waals surface area contributed by atoms with Crippen LogP contribution >= 0.6 is 11.6 Å². The molecule has 1 unspecified atom stereocenters. The van der Waals surface area contributed by atoms with Gasteiger partial charge in [0, 0.05) is 61.4 Å². The summed E-state index contributed by atoms with van der Waals surface area (Å²) in [6.07, 6.45) is -3.46. The molecule has 1 atom stereocenters. The van der Waals surface area contributed by atoms with E-state index in [1.165, 1.54) is 0 Å². The fourth-order valence-corrected chi connectivity index (χ4v) is 4.04. The van der Waals surface area contributed by atoms with E-state index >= 15 is 0 Å². The molecular weight excluding hydrogens is 481 g/mol. The number of nitrogens with one attached hydrogen (secondary N) is 1. The lowest BCUT2D eigenvalue weighted by Gasteiger charge is -2.37. The molecule has 0 saturated carbocycles. The summed E-state index contributed by atoms with van der Waals surface area (Å²) in [5, 5.41) is 3.60. The smallest absolute Gasteiger partial charge is 0.350 e. The monoisotopic (exact) mass is 499 g/mol. The quantitative estimate of drug-likeness (QED) is 0.399. The summed E-state index contributed by atoms with van der Waals surface area (Å²) in [5.74, 6) is -4.56. The highest BCUT2D eigenvalue weighted by atomic mass is 35.5. The Kier molecular flexibility index (Phi) is 6.68. The van der Waals surface area contributed by atoms with Crippen LogP contribution in [0.1, 0.15) is 40.6 Å². The van der Waals surface area contributed by atoms with Gasteiger partial charge in [0.1, 0.15) is 5.15 Å². The number of nitrogens with zero attached hydrogens (tertiary/aromatic N) is 4. The predicted octanol–water partition coefficient (Wildman–Crippen LogP) is 4.90. The van der Waals surface area contributed by atoms with Crippen molar-refractivity contribution < 1.29 is 26.7 Å². The largest absolute Gasteiger partial charge is 0.451 e. The first-order chi connectivity index (χ1) is 16.0. The molecule has 0 bridgehead atoms. The third-order valence-corrected chi connectivity index (χ3v) is 5.89. The van der Waals surface area contributed by atoms with Gasteiger partial charge >= 0.3 is 6.18 Å². The van der Waals surface area contributed by atoms with Gasteiger partial charge in [0.15, 0.2) is 0 Å². The van der Waals surface area contributed by atoms with E-state index in [4.69, 9.17) is 11.6 Å². The van der Waals surface area contributed by atoms with Crippen molar-refractivity contribution in [3.63, 3.8) is 0 Å². The SMILES string of the molecule is O=C(NCC(c1cnc(C(F)(F)F)nc1)N1CCC(F)(F)CC1)c1cccc2nc(Cl)ccc12. The zero-order valence-electron chi connectivity index (χ0n) is 17.6. The van der Waals surface area contributed by atoms with Gasteiger partial charge in [-0.1, -0.05) is 17.7 Å². The van der Waals surface area contributed by atoms with E-state index in [1.54, 1.807) is 35.2 Å². The number of rotatable bonds is 5. The molecule has 6 nitrogen and oxygen atoms in total. The van der Waals surface area contributed by atoms with Crippen LogP contribution in [0.2, 0.25) is 5.15 Å². The van der Waals surface area contributed by atoms with Crippen LogP contribution in [-0.2, 0) is 6.18 Å². The number of hydrogen-bond acceptors (Lipinski definition) is 5. The Bertz CT molecular complexity index is 1180. The number of carbonyl (C=O) groups excluding carboxylic acids is 1. The number of fused-ring (bicyclic) bond motifs is 1. The number of hydrogen-bond donors (Lipinski definition) is 1. The van der Waals surface area contributed by atoms with Gasteiger partial charge in [0.2, 0.25) is 5.82 Å². The highest BCUT2D eigenvalue weighted by Crippen LogP contribution is 2.33. The number of amides is 1. The van der Waals surface area contributed by atoms with Gasteiger partial charge in [-0.05, 0) is 24.3 Å². The normalized spacial score (nSPS) is 17.5. The summed E-state index contributed by atoms with van der Waals surface area (Å²) in [7, 11) is 0. The Morgan fingerprint density at radius 3 is 2.44 bits per heavy atom. The van der Waals surface area contributed by atoms with E-state index < -0.39 is 42.7 Å². The first-order valence-electron chi connectivity index (χ1n) is 10.4. The first kappa shape index (κ1) is 24.2. The Morgan fingerprint density at radius 2 is 1.79 bits per heavy atom. The average Bonchev–Trinajstić information content (AvgIpc) is 2.79. The second kappa shape index (κ2) is 9.38. The first-order valence-corrected chi connectivity index (χ1v) is 10.8. The fourth-order valence-electron chi connectivity index (χ4n) is 3.89. The topological polar surface area (TPSA) is 71.0 Å². The molecule has 3 aromatic rings. The zero-order valence-corrected chi connectivity index (χ0v) is 18.4. The minimum absolute atomic E-state index is 0.00520. The number of benzene rings is 1. The number of pyridine rings is 1. The van der Waals surface area contributed by atoms with Gasteiger partial charge in [0.05, 0.1) is 11.6 Å². The van der Waals surface area contributed by atoms with Crippen LogP contribution in [0.5, 0.6) is 0 Å². The number of halogens is 6. The van der Waals surface area contributed by atoms with Gasteiger partial charge in [0.25, 0.3) is 11.8 Å². The van der Waals surface area contributed by atoms with E-state index in [-0.39, 0.29) is 30.4 Å². The molecule has 0 aliphatic carbocycles. The Balaban J connectivity index is 1.57. The molecule has 1 saturated heterocycles. The lowest BCUT2D eigenvalue weighted by molar-refractivity contribution is -0.145. The van der Waals surface area contributed by atoms with Gasteiger partial charge < -0.3 is 5.32 Å². The second-order valence-corrected chi connectivity index (χ2v) is 8.35. The van der Waals surface area contributed by atoms with E-state index in [2.05, 4.69) is 20.3 Å². The van der Waals surface area contributed by atoms with Crippen molar-refractivity contribution in [3.05, 3.63) is 64.8 Å². The lowest BCUT2D eigenvalue weighted by atomic mass is 10.0. The summed E-state index contributed by atoms with van der Waals surface area (Å²) in [5.41, 5.74) is 1.13. The molecule has 1 aliphatic heterocycles. The van der Waals surface area contributed by atoms with Crippen molar-refractivity contribution in [1.29, 1.82) is 0 Å². The Morgan fingerprint density at radius 1 is 1.12 bits per heavy atom. The van der Waals surface area contributed by atoms with E-state index in [0.29, 0.717) is 16.5 Å². The highest BCUT2D eigenvalue weighted by molar-refractivity contribution is 6.29. The molecular formula is C22H19ClF5N5O. The van der Waals surface area contributed by atoms with Gasteiger partial charge in [-0.15, -0.1) is 0 Å². The maximum atomic E-state index is 13.7. The molecule has 3 heterocycles.